The van der Waals surface area contributed by atoms with Crippen molar-refractivity contribution in [2.45, 2.75) is 6.42 Å². The second-order valence-corrected chi connectivity index (χ2v) is 3.33. The monoisotopic (exact) mass is 233 g/mol. The van der Waals surface area contributed by atoms with Gasteiger partial charge in [-0.05, 0) is 24.3 Å². The van der Waals surface area contributed by atoms with Crippen molar-refractivity contribution >= 4 is 11.6 Å². The first kappa shape index (κ1) is 13.2. The molecule has 0 aliphatic heterocycles. The van der Waals surface area contributed by atoms with E-state index >= 15 is 0 Å². The fourth-order valence-electron chi connectivity index (χ4n) is 1.19. The van der Waals surface area contributed by atoms with Crippen molar-refractivity contribution in [2.75, 3.05) is 25.6 Å². The molecule has 0 saturated heterocycles. The van der Waals surface area contributed by atoms with Gasteiger partial charge in [0.2, 0.25) is 5.91 Å². The molecule has 0 aliphatic carbocycles. The zero-order chi connectivity index (χ0) is 12.5. The predicted octanol–water partition coefficient (Wildman–Crippen LogP) is 1.01. The van der Waals surface area contributed by atoms with Crippen LogP contribution in [0.25, 0.3) is 0 Å². The molecule has 1 aromatic rings. The molecule has 1 amide bonds. The van der Waals surface area contributed by atoms with Gasteiger partial charge in [0, 0.05) is 24.8 Å². The van der Waals surface area contributed by atoms with Crippen molar-refractivity contribution in [1.29, 1.82) is 0 Å². The predicted molar refractivity (Wildman–Crippen MR) is 65.5 cm³/mol. The highest BCUT2D eigenvalue weighted by Gasteiger charge is 2.00. The summed E-state index contributed by atoms with van der Waals surface area (Å²) >= 11 is 0. The average molecular weight is 233 g/mol. The molecule has 0 fully saturated rings. The van der Waals surface area contributed by atoms with Crippen LogP contribution < -0.4 is 5.32 Å². The van der Waals surface area contributed by atoms with E-state index < -0.39 is 0 Å². The van der Waals surface area contributed by atoms with Crippen LogP contribution in [0.15, 0.2) is 24.3 Å². The van der Waals surface area contributed by atoms with E-state index in [1.54, 1.807) is 12.1 Å². The van der Waals surface area contributed by atoms with Gasteiger partial charge in [0.05, 0.1) is 6.61 Å². The van der Waals surface area contributed by atoms with Crippen molar-refractivity contribution in [3.63, 3.8) is 0 Å². The van der Waals surface area contributed by atoms with Crippen molar-refractivity contribution in [2.24, 2.45) is 0 Å². The highest BCUT2D eigenvalue weighted by molar-refractivity contribution is 5.91. The largest absolute Gasteiger partial charge is 0.395 e. The number of hydrogen-bond donors (Lipinski definition) is 2. The van der Waals surface area contributed by atoms with Gasteiger partial charge < -0.3 is 15.2 Å². The first-order chi connectivity index (χ1) is 8.26. The summed E-state index contributed by atoms with van der Waals surface area (Å²) in [6, 6.07) is 7.17. The van der Waals surface area contributed by atoms with E-state index in [9.17, 15) is 4.79 Å². The van der Waals surface area contributed by atoms with Gasteiger partial charge in [-0.1, -0.05) is 11.8 Å². The van der Waals surface area contributed by atoms with Gasteiger partial charge in [-0.2, -0.15) is 0 Å². The van der Waals surface area contributed by atoms with Crippen LogP contribution in [0, 0.1) is 11.8 Å². The summed E-state index contributed by atoms with van der Waals surface area (Å²) in [7, 11) is 1.47. The van der Waals surface area contributed by atoms with E-state index in [1.165, 1.54) is 7.11 Å². The number of aliphatic hydroxyl groups is 1. The third kappa shape index (κ3) is 5.16. The summed E-state index contributed by atoms with van der Waals surface area (Å²) in [6.07, 6.45) is 0.465. The van der Waals surface area contributed by atoms with Crippen LogP contribution in [-0.4, -0.2) is 31.3 Å². The number of rotatable bonds is 4. The molecule has 1 aromatic carbocycles. The minimum Gasteiger partial charge on any atom is -0.395 e. The number of nitrogens with one attached hydrogen (secondary N) is 1. The summed E-state index contributed by atoms with van der Waals surface area (Å²) < 4.78 is 4.71. The van der Waals surface area contributed by atoms with Crippen LogP contribution in [0.2, 0.25) is 0 Å². The number of benzene rings is 1. The van der Waals surface area contributed by atoms with Gasteiger partial charge in [0.1, 0.15) is 6.61 Å². The number of anilines is 1. The molecule has 0 saturated carbocycles. The SMILES string of the molecule is COCC(=O)Nc1ccc(C#CCCO)cc1. The molecule has 0 bridgehead atoms. The van der Waals surface area contributed by atoms with Gasteiger partial charge in [-0.25, -0.2) is 0 Å². The smallest absolute Gasteiger partial charge is 0.250 e. The summed E-state index contributed by atoms with van der Waals surface area (Å²) in [5.41, 5.74) is 1.56. The number of amides is 1. The van der Waals surface area contributed by atoms with Crippen molar-refractivity contribution < 1.29 is 14.6 Å². The van der Waals surface area contributed by atoms with Gasteiger partial charge >= 0.3 is 0 Å². The zero-order valence-corrected chi connectivity index (χ0v) is 9.69. The minimum absolute atomic E-state index is 0.0397. The molecular weight excluding hydrogens is 218 g/mol. The van der Waals surface area contributed by atoms with E-state index in [1.807, 2.05) is 12.1 Å². The molecule has 2 N–H and O–H groups in total. The Balaban J connectivity index is 2.56. The third-order valence-corrected chi connectivity index (χ3v) is 1.91. The minimum atomic E-state index is -0.188. The molecule has 0 radical (unpaired) electrons. The second-order valence-electron chi connectivity index (χ2n) is 3.33. The summed E-state index contributed by atoms with van der Waals surface area (Å²) in [5, 5.41) is 11.3. The van der Waals surface area contributed by atoms with E-state index in [4.69, 9.17) is 9.84 Å². The number of methoxy groups -OCH3 is 1. The first-order valence-corrected chi connectivity index (χ1v) is 5.25. The van der Waals surface area contributed by atoms with Crippen LogP contribution >= 0.6 is 0 Å². The summed E-state index contributed by atoms with van der Waals surface area (Å²) in [6.45, 7) is 0.107. The second kappa shape index (κ2) is 7.44. The van der Waals surface area contributed by atoms with Gasteiger partial charge in [-0.3, -0.25) is 4.79 Å². The van der Waals surface area contributed by atoms with Crippen LogP contribution in [0.3, 0.4) is 0 Å². The highest BCUT2D eigenvalue weighted by Crippen LogP contribution is 2.08. The fourth-order valence-corrected chi connectivity index (χ4v) is 1.19. The third-order valence-electron chi connectivity index (χ3n) is 1.91. The lowest BCUT2D eigenvalue weighted by Gasteiger charge is -2.03. The Bertz CT molecular complexity index is 415. The Morgan fingerprint density at radius 2 is 2.12 bits per heavy atom. The Labute approximate surface area is 101 Å². The van der Waals surface area contributed by atoms with Crippen molar-refractivity contribution in [3.8, 4) is 11.8 Å². The Morgan fingerprint density at radius 3 is 2.71 bits per heavy atom. The first-order valence-electron chi connectivity index (χ1n) is 5.25. The highest BCUT2D eigenvalue weighted by atomic mass is 16.5. The van der Waals surface area contributed by atoms with E-state index in [0.717, 1.165) is 5.56 Å². The van der Waals surface area contributed by atoms with Crippen LogP contribution in [-0.2, 0) is 9.53 Å². The van der Waals surface area contributed by atoms with Gasteiger partial charge in [0.25, 0.3) is 0 Å². The number of carbonyl (C=O) groups is 1. The molecular formula is C13H15NO3. The maximum Gasteiger partial charge on any atom is 0.250 e. The zero-order valence-electron chi connectivity index (χ0n) is 9.69. The van der Waals surface area contributed by atoms with Crippen molar-refractivity contribution in [1.82, 2.24) is 0 Å². The molecule has 1 rings (SSSR count). The van der Waals surface area contributed by atoms with Crippen molar-refractivity contribution in [3.05, 3.63) is 29.8 Å². The standard InChI is InChI=1S/C13H15NO3/c1-17-10-13(16)14-12-7-5-11(6-8-12)4-2-3-9-15/h5-8,15H,3,9-10H2,1H3,(H,14,16). The lowest BCUT2D eigenvalue weighted by molar-refractivity contribution is -0.119. The van der Waals surface area contributed by atoms with Crippen LogP contribution in [0.4, 0.5) is 5.69 Å². The summed E-state index contributed by atoms with van der Waals surface area (Å²) in [5.74, 6) is 5.54. The van der Waals surface area contributed by atoms with Gasteiger partial charge in [0.15, 0.2) is 0 Å². The Hall–Kier alpha value is -1.83. The quantitative estimate of drug-likeness (QED) is 0.763. The maximum atomic E-state index is 11.2. The van der Waals surface area contributed by atoms with E-state index in [-0.39, 0.29) is 19.1 Å². The number of aliphatic hydroxyl groups excluding tert-OH is 1. The molecule has 4 nitrogen and oxygen atoms in total. The molecule has 0 atom stereocenters. The topological polar surface area (TPSA) is 58.6 Å². The molecule has 17 heavy (non-hydrogen) atoms. The lowest BCUT2D eigenvalue weighted by Crippen LogP contribution is -2.16. The normalized spacial score (nSPS) is 9.29. The Morgan fingerprint density at radius 1 is 1.41 bits per heavy atom. The molecule has 0 heterocycles. The van der Waals surface area contributed by atoms with E-state index in [2.05, 4.69) is 17.2 Å². The molecule has 0 spiro atoms. The van der Waals surface area contributed by atoms with Crippen LogP contribution in [0.1, 0.15) is 12.0 Å². The molecule has 90 valence electrons. The molecule has 0 aliphatic rings. The van der Waals surface area contributed by atoms with Crippen LogP contribution in [0.5, 0.6) is 0 Å². The number of carbonyl (C=O) groups excluding carboxylic acids is 1. The molecule has 4 heteroatoms. The van der Waals surface area contributed by atoms with E-state index in [0.29, 0.717) is 12.1 Å². The molecule has 0 unspecified atom stereocenters. The number of ether oxygens (including phenoxy) is 1. The number of hydrogen-bond acceptors (Lipinski definition) is 3. The maximum absolute atomic E-state index is 11.2. The fraction of sp³-hybridized carbons (Fsp3) is 0.308. The lowest BCUT2D eigenvalue weighted by atomic mass is 10.2. The average Bonchev–Trinajstić information content (AvgIpc) is 2.32. The molecule has 0 aromatic heterocycles. The Kier molecular flexibility index (Phi) is 5.80. The summed E-state index contributed by atoms with van der Waals surface area (Å²) in [4.78, 5) is 11.2. The van der Waals surface area contributed by atoms with Gasteiger partial charge in [-0.15, -0.1) is 0 Å².